The summed E-state index contributed by atoms with van der Waals surface area (Å²) in [5, 5.41) is 13.9. The summed E-state index contributed by atoms with van der Waals surface area (Å²) in [5.74, 6) is 0.435. The van der Waals surface area contributed by atoms with E-state index >= 15 is 0 Å². The predicted octanol–water partition coefficient (Wildman–Crippen LogP) is 1.04. The molecule has 0 aliphatic carbocycles. The van der Waals surface area contributed by atoms with Gasteiger partial charge in [-0.05, 0) is 20.0 Å². The van der Waals surface area contributed by atoms with Crippen molar-refractivity contribution in [2.75, 3.05) is 31.6 Å². The Morgan fingerprint density at radius 1 is 1.62 bits per heavy atom. The van der Waals surface area contributed by atoms with Gasteiger partial charge >= 0.3 is 5.69 Å². The topological polar surface area (TPSA) is 71.3 Å². The monoisotopic (exact) mass is 224 g/mol. The Kier molecular flexibility index (Phi) is 4.65. The minimum atomic E-state index is -0.398. The van der Waals surface area contributed by atoms with Crippen LogP contribution in [-0.2, 0) is 0 Å². The van der Waals surface area contributed by atoms with E-state index < -0.39 is 4.92 Å². The number of nitrogens with one attached hydrogen (secondary N) is 1. The lowest BCUT2D eigenvalue weighted by atomic mass is 10.3. The molecule has 1 N–H and O–H groups in total. The van der Waals surface area contributed by atoms with Crippen molar-refractivity contribution in [1.82, 2.24) is 10.3 Å². The summed E-state index contributed by atoms with van der Waals surface area (Å²) in [6.45, 7) is 4.11. The van der Waals surface area contributed by atoms with Crippen molar-refractivity contribution < 1.29 is 4.92 Å². The fraction of sp³-hybridized carbons (Fsp3) is 0.500. The number of nitro groups is 1. The van der Waals surface area contributed by atoms with Crippen molar-refractivity contribution in [2.45, 2.75) is 6.92 Å². The molecule has 1 heterocycles. The van der Waals surface area contributed by atoms with Crippen LogP contribution in [0.15, 0.2) is 18.3 Å². The van der Waals surface area contributed by atoms with E-state index in [4.69, 9.17) is 0 Å². The summed E-state index contributed by atoms with van der Waals surface area (Å²) in [6, 6.07) is 3.05. The Labute approximate surface area is 94.4 Å². The molecule has 6 nitrogen and oxygen atoms in total. The van der Waals surface area contributed by atoms with Crippen molar-refractivity contribution in [3.63, 3.8) is 0 Å². The molecule has 0 spiro atoms. The van der Waals surface area contributed by atoms with E-state index in [2.05, 4.69) is 10.3 Å². The largest absolute Gasteiger partial charge is 0.350 e. The van der Waals surface area contributed by atoms with Crippen LogP contribution in [0.3, 0.4) is 0 Å². The summed E-state index contributed by atoms with van der Waals surface area (Å²) < 4.78 is 0. The highest BCUT2D eigenvalue weighted by molar-refractivity contribution is 5.57. The van der Waals surface area contributed by atoms with E-state index in [9.17, 15) is 10.1 Å². The van der Waals surface area contributed by atoms with E-state index in [-0.39, 0.29) is 5.69 Å². The maximum absolute atomic E-state index is 10.8. The van der Waals surface area contributed by atoms with Gasteiger partial charge in [-0.25, -0.2) is 4.98 Å². The van der Waals surface area contributed by atoms with Crippen LogP contribution < -0.4 is 10.2 Å². The summed E-state index contributed by atoms with van der Waals surface area (Å²) in [4.78, 5) is 16.4. The molecule has 0 unspecified atom stereocenters. The third kappa shape index (κ3) is 2.90. The fourth-order valence-corrected chi connectivity index (χ4v) is 1.44. The Balaban J connectivity index is 2.94. The van der Waals surface area contributed by atoms with Crippen LogP contribution in [-0.4, -0.2) is 36.6 Å². The minimum Gasteiger partial charge on any atom is -0.350 e. The molecule has 0 saturated carbocycles. The lowest BCUT2D eigenvalue weighted by Crippen LogP contribution is -2.31. The first-order valence-electron chi connectivity index (χ1n) is 5.19. The molecule has 0 saturated heterocycles. The second-order valence-corrected chi connectivity index (χ2v) is 3.29. The summed E-state index contributed by atoms with van der Waals surface area (Å²) >= 11 is 0. The lowest BCUT2D eigenvalue weighted by Gasteiger charge is -2.21. The summed E-state index contributed by atoms with van der Waals surface area (Å²) in [6.07, 6.45) is 1.57. The van der Waals surface area contributed by atoms with Gasteiger partial charge in [0.1, 0.15) is 0 Å². The van der Waals surface area contributed by atoms with E-state index in [1.807, 2.05) is 18.9 Å². The van der Waals surface area contributed by atoms with Crippen LogP contribution in [0.1, 0.15) is 6.92 Å². The Bertz CT molecular complexity index is 356. The van der Waals surface area contributed by atoms with Gasteiger partial charge in [0.15, 0.2) is 0 Å². The van der Waals surface area contributed by atoms with Crippen molar-refractivity contribution in [3.05, 3.63) is 28.4 Å². The smallest absolute Gasteiger partial charge is 0.311 e. The second kappa shape index (κ2) is 6.02. The Hall–Kier alpha value is -1.69. The van der Waals surface area contributed by atoms with Gasteiger partial charge in [-0.1, -0.05) is 0 Å². The normalized spacial score (nSPS) is 10.1. The van der Waals surface area contributed by atoms with Crippen LogP contribution in [0.4, 0.5) is 11.5 Å². The third-order valence-corrected chi connectivity index (χ3v) is 2.28. The molecule has 0 aliphatic rings. The van der Waals surface area contributed by atoms with Crippen molar-refractivity contribution in [3.8, 4) is 0 Å². The second-order valence-electron chi connectivity index (χ2n) is 3.29. The van der Waals surface area contributed by atoms with E-state index in [0.29, 0.717) is 18.9 Å². The zero-order valence-electron chi connectivity index (χ0n) is 9.51. The molecule has 0 radical (unpaired) electrons. The number of nitrogens with zero attached hydrogens (tertiary/aromatic N) is 3. The molecule has 0 bridgehead atoms. The molecule has 1 rings (SSSR count). The lowest BCUT2D eigenvalue weighted by molar-refractivity contribution is -0.384. The first-order chi connectivity index (χ1) is 7.70. The van der Waals surface area contributed by atoms with Crippen LogP contribution >= 0.6 is 0 Å². The van der Waals surface area contributed by atoms with Crippen LogP contribution in [0.25, 0.3) is 0 Å². The molecule has 0 fully saturated rings. The van der Waals surface area contributed by atoms with Gasteiger partial charge in [-0.3, -0.25) is 10.1 Å². The van der Waals surface area contributed by atoms with Crippen molar-refractivity contribution in [2.24, 2.45) is 0 Å². The zero-order valence-corrected chi connectivity index (χ0v) is 9.51. The van der Waals surface area contributed by atoms with Crippen LogP contribution in [0.5, 0.6) is 0 Å². The van der Waals surface area contributed by atoms with Gasteiger partial charge in [-0.15, -0.1) is 0 Å². The number of hydrogen-bond acceptors (Lipinski definition) is 5. The van der Waals surface area contributed by atoms with Gasteiger partial charge in [0.25, 0.3) is 0 Å². The highest BCUT2D eigenvalue weighted by Gasteiger charge is 2.18. The van der Waals surface area contributed by atoms with Gasteiger partial charge in [0.05, 0.1) is 4.92 Å². The molecular formula is C10H16N4O2. The van der Waals surface area contributed by atoms with E-state index in [1.165, 1.54) is 6.07 Å². The standard InChI is InChI=1S/C10H16N4O2/c1-3-13(8-7-11-2)10-9(14(15)16)5-4-6-12-10/h4-6,11H,3,7-8H2,1-2H3. The van der Waals surface area contributed by atoms with Crippen LogP contribution in [0, 0.1) is 10.1 Å². The summed E-state index contributed by atoms with van der Waals surface area (Å²) in [7, 11) is 1.85. The highest BCUT2D eigenvalue weighted by Crippen LogP contribution is 2.24. The number of aromatic nitrogens is 1. The molecule has 0 aromatic carbocycles. The number of pyridine rings is 1. The predicted molar refractivity (Wildman–Crippen MR) is 62.7 cm³/mol. The number of anilines is 1. The van der Waals surface area contributed by atoms with E-state index in [0.717, 1.165) is 6.54 Å². The fourth-order valence-electron chi connectivity index (χ4n) is 1.44. The first kappa shape index (κ1) is 12.4. The van der Waals surface area contributed by atoms with Crippen LogP contribution in [0.2, 0.25) is 0 Å². The Morgan fingerprint density at radius 3 is 2.94 bits per heavy atom. The average molecular weight is 224 g/mol. The molecular weight excluding hydrogens is 208 g/mol. The number of hydrogen-bond donors (Lipinski definition) is 1. The Morgan fingerprint density at radius 2 is 2.38 bits per heavy atom. The third-order valence-electron chi connectivity index (χ3n) is 2.28. The molecule has 88 valence electrons. The SMILES string of the molecule is CCN(CCNC)c1ncccc1[N+](=O)[O-]. The average Bonchev–Trinajstić information content (AvgIpc) is 2.30. The zero-order chi connectivity index (χ0) is 12.0. The van der Waals surface area contributed by atoms with Gasteiger partial charge in [0.2, 0.25) is 5.82 Å². The van der Waals surface area contributed by atoms with Gasteiger partial charge in [0, 0.05) is 31.9 Å². The van der Waals surface area contributed by atoms with Crippen molar-refractivity contribution in [1.29, 1.82) is 0 Å². The van der Waals surface area contributed by atoms with Crippen molar-refractivity contribution >= 4 is 11.5 Å². The summed E-state index contributed by atoms with van der Waals surface area (Å²) in [5.41, 5.74) is 0.0560. The maximum atomic E-state index is 10.8. The molecule has 16 heavy (non-hydrogen) atoms. The molecule has 0 amide bonds. The maximum Gasteiger partial charge on any atom is 0.311 e. The quantitative estimate of drug-likeness (QED) is 0.577. The molecule has 0 aliphatic heterocycles. The molecule has 1 aromatic rings. The molecule has 0 atom stereocenters. The minimum absolute atomic E-state index is 0.0560. The number of rotatable bonds is 6. The first-order valence-corrected chi connectivity index (χ1v) is 5.19. The number of likely N-dealkylation sites (N-methyl/N-ethyl adjacent to an activating group) is 2. The van der Waals surface area contributed by atoms with E-state index in [1.54, 1.807) is 12.3 Å². The molecule has 1 aromatic heterocycles. The van der Waals surface area contributed by atoms with Gasteiger partial charge < -0.3 is 10.2 Å². The highest BCUT2D eigenvalue weighted by atomic mass is 16.6. The molecule has 6 heteroatoms. The van der Waals surface area contributed by atoms with Gasteiger partial charge in [-0.2, -0.15) is 0 Å².